The van der Waals surface area contributed by atoms with Gasteiger partial charge in [0, 0.05) is 32.8 Å². The first kappa shape index (κ1) is 17.7. The quantitative estimate of drug-likeness (QED) is 0.662. The van der Waals surface area contributed by atoms with Gasteiger partial charge in [-0.3, -0.25) is 0 Å². The Hall–Kier alpha value is -0.330. The molecule has 0 spiro atoms. The van der Waals surface area contributed by atoms with Crippen LogP contribution in [0.3, 0.4) is 0 Å². The summed E-state index contributed by atoms with van der Waals surface area (Å²) in [4.78, 5) is 1.91. The van der Waals surface area contributed by atoms with Gasteiger partial charge in [-0.25, -0.2) is 0 Å². The van der Waals surface area contributed by atoms with Crippen LogP contribution in [0.15, 0.2) is 0 Å². The Kier molecular flexibility index (Phi) is 8.49. The van der Waals surface area contributed by atoms with E-state index in [0.717, 1.165) is 39.1 Å². The van der Waals surface area contributed by atoms with Crippen LogP contribution >= 0.6 is 0 Å². The molecule has 0 aromatic carbocycles. The van der Waals surface area contributed by atoms with Crippen molar-refractivity contribution < 1.29 is 17.9 Å². The van der Waals surface area contributed by atoms with Gasteiger partial charge in [0.25, 0.3) is 0 Å². The SMILES string of the molecule is CCCCOCCNCCN1CCCC(C(F)(F)F)C1. The van der Waals surface area contributed by atoms with Crippen LogP contribution in [-0.4, -0.2) is 57.0 Å². The number of ether oxygens (including phenoxy) is 1. The molecular formula is C14H27F3N2O. The van der Waals surface area contributed by atoms with E-state index in [0.29, 0.717) is 19.6 Å². The van der Waals surface area contributed by atoms with E-state index in [9.17, 15) is 13.2 Å². The van der Waals surface area contributed by atoms with Crippen LogP contribution in [0.1, 0.15) is 32.6 Å². The maximum atomic E-state index is 12.6. The molecule has 3 nitrogen and oxygen atoms in total. The fraction of sp³-hybridized carbons (Fsp3) is 1.00. The van der Waals surface area contributed by atoms with Gasteiger partial charge in [-0.15, -0.1) is 0 Å². The molecular weight excluding hydrogens is 269 g/mol. The van der Waals surface area contributed by atoms with Gasteiger partial charge in [0.2, 0.25) is 0 Å². The molecule has 1 heterocycles. The van der Waals surface area contributed by atoms with Crippen molar-refractivity contribution in [3.63, 3.8) is 0 Å². The molecule has 0 bridgehead atoms. The summed E-state index contributed by atoms with van der Waals surface area (Å²) in [5.74, 6) is -1.14. The van der Waals surface area contributed by atoms with Crippen molar-refractivity contribution in [2.24, 2.45) is 5.92 Å². The third-order valence-electron chi connectivity index (χ3n) is 3.64. The molecule has 1 fully saturated rings. The first-order valence-corrected chi connectivity index (χ1v) is 7.61. The van der Waals surface area contributed by atoms with Crippen molar-refractivity contribution >= 4 is 0 Å². The van der Waals surface area contributed by atoms with Gasteiger partial charge in [0.1, 0.15) is 0 Å². The summed E-state index contributed by atoms with van der Waals surface area (Å²) in [7, 11) is 0. The minimum Gasteiger partial charge on any atom is -0.380 e. The zero-order valence-electron chi connectivity index (χ0n) is 12.3. The number of hydrogen-bond donors (Lipinski definition) is 1. The summed E-state index contributed by atoms with van der Waals surface area (Å²) in [6, 6.07) is 0. The molecule has 0 saturated carbocycles. The molecule has 1 unspecified atom stereocenters. The lowest BCUT2D eigenvalue weighted by Gasteiger charge is -2.33. The summed E-state index contributed by atoms with van der Waals surface area (Å²) in [6.45, 7) is 6.68. The highest BCUT2D eigenvalue weighted by atomic mass is 19.4. The standard InChI is InChI=1S/C14H27F3N2O/c1-2-3-10-20-11-7-18-6-9-19-8-4-5-13(12-19)14(15,16)17/h13,18H,2-12H2,1H3. The molecule has 1 aliphatic rings. The molecule has 0 amide bonds. The van der Waals surface area contributed by atoms with Gasteiger partial charge in [-0.2, -0.15) is 13.2 Å². The fourth-order valence-electron chi connectivity index (χ4n) is 2.38. The molecule has 0 aromatic rings. The third kappa shape index (κ3) is 7.45. The first-order chi connectivity index (χ1) is 9.54. The molecule has 1 aliphatic heterocycles. The third-order valence-corrected chi connectivity index (χ3v) is 3.64. The predicted octanol–water partition coefficient (Wildman–Crippen LogP) is 2.67. The van der Waals surface area contributed by atoms with Crippen LogP contribution in [0.5, 0.6) is 0 Å². The van der Waals surface area contributed by atoms with Crippen LogP contribution in [0.4, 0.5) is 13.2 Å². The molecule has 120 valence electrons. The van der Waals surface area contributed by atoms with Crippen molar-refractivity contribution in [2.75, 3.05) is 45.9 Å². The van der Waals surface area contributed by atoms with E-state index in [1.54, 1.807) is 0 Å². The largest absolute Gasteiger partial charge is 0.393 e. The summed E-state index contributed by atoms with van der Waals surface area (Å²) in [5.41, 5.74) is 0. The van der Waals surface area contributed by atoms with E-state index in [1.165, 1.54) is 0 Å². The highest BCUT2D eigenvalue weighted by Gasteiger charge is 2.41. The number of hydrogen-bond acceptors (Lipinski definition) is 3. The smallest absolute Gasteiger partial charge is 0.380 e. The zero-order valence-corrected chi connectivity index (χ0v) is 12.3. The van der Waals surface area contributed by atoms with Crippen molar-refractivity contribution in [1.29, 1.82) is 0 Å². The van der Waals surface area contributed by atoms with Gasteiger partial charge in [-0.05, 0) is 25.8 Å². The maximum Gasteiger partial charge on any atom is 0.393 e. The Morgan fingerprint density at radius 3 is 2.75 bits per heavy atom. The van der Waals surface area contributed by atoms with Crippen molar-refractivity contribution in [3.8, 4) is 0 Å². The van der Waals surface area contributed by atoms with E-state index in [1.807, 2.05) is 4.90 Å². The van der Waals surface area contributed by atoms with E-state index >= 15 is 0 Å². The zero-order chi connectivity index (χ0) is 14.8. The number of likely N-dealkylation sites (tertiary alicyclic amines) is 1. The normalized spacial score (nSPS) is 21.3. The van der Waals surface area contributed by atoms with Crippen molar-refractivity contribution in [3.05, 3.63) is 0 Å². The minimum absolute atomic E-state index is 0.151. The van der Waals surface area contributed by atoms with Crippen LogP contribution in [-0.2, 0) is 4.74 Å². The summed E-state index contributed by atoms with van der Waals surface area (Å²) in [6.07, 6.45) is -0.919. The predicted molar refractivity (Wildman–Crippen MR) is 73.8 cm³/mol. The number of nitrogens with one attached hydrogen (secondary N) is 1. The average Bonchev–Trinajstić information content (AvgIpc) is 2.41. The monoisotopic (exact) mass is 296 g/mol. The summed E-state index contributed by atoms with van der Waals surface area (Å²) in [5, 5.41) is 3.22. The molecule has 0 aliphatic carbocycles. The Bertz CT molecular complexity index is 249. The second kappa shape index (κ2) is 9.58. The fourth-order valence-corrected chi connectivity index (χ4v) is 2.38. The Balaban J connectivity index is 2.01. The second-order valence-corrected chi connectivity index (χ2v) is 5.40. The molecule has 1 N–H and O–H groups in total. The van der Waals surface area contributed by atoms with Gasteiger partial charge >= 0.3 is 6.18 Å². The van der Waals surface area contributed by atoms with Gasteiger partial charge in [0.05, 0.1) is 12.5 Å². The van der Waals surface area contributed by atoms with E-state index in [2.05, 4.69) is 12.2 Å². The molecule has 1 atom stereocenters. The number of alkyl halides is 3. The van der Waals surface area contributed by atoms with E-state index in [4.69, 9.17) is 4.74 Å². The van der Waals surface area contributed by atoms with Gasteiger partial charge in [-0.1, -0.05) is 13.3 Å². The Morgan fingerprint density at radius 2 is 2.05 bits per heavy atom. The van der Waals surface area contributed by atoms with Crippen LogP contribution in [0.25, 0.3) is 0 Å². The van der Waals surface area contributed by atoms with Crippen LogP contribution in [0.2, 0.25) is 0 Å². The van der Waals surface area contributed by atoms with Crippen molar-refractivity contribution in [2.45, 2.75) is 38.8 Å². The van der Waals surface area contributed by atoms with Crippen LogP contribution in [0, 0.1) is 5.92 Å². The molecule has 1 rings (SSSR count). The molecule has 6 heteroatoms. The van der Waals surface area contributed by atoms with Crippen LogP contribution < -0.4 is 5.32 Å². The average molecular weight is 296 g/mol. The van der Waals surface area contributed by atoms with E-state index in [-0.39, 0.29) is 13.0 Å². The number of piperidine rings is 1. The van der Waals surface area contributed by atoms with Gasteiger partial charge in [0.15, 0.2) is 0 Å². The summed E-state index contributed by atoms with van der Waals surface area (Å²) < 4.78 is 43.3. The lowest BCUT2D eigenvalue weighted by Crippen LogP contribution is -2.44. The summed E-state index contributed by atoms with van der Waals surface area (Å²) >= 11 is 0. The van der Waals surface area contributed by atoms with E-state index < -0.39 is 12.1 Å². The molecule has 0 radical (unpaired) electrons. The Labute approximate surface area is 119 Å². The second-order valence-electron chi connectivity index (χ2n) is 5.40. The van der Waals surface area contributed by atoms with Gasteiger partial charge < -0.3 is 15.0 Å². The number of unbranched alkanes of at least 4 members (excludes halogenated alkanes) is 1. The number of halogens is 3. The topological polar surface area (TPSA) is 24.5 Å². The number of nitrogens with zero attached hydrogens (tertiary/aromatic N) is 1. The van der Waals surface area contributed by atoms with Crippen molar-refractivity contribution in [1.82, 2.24) is 10.2 Å². The first-order valence-electron chi connectivity index (χ1n) is 7.61. The molecule has 20 heavy (non-hydrogen) atoms. The lowest BCUT2D eigenvalue weighted by molar-refractivity contribution is -0.186. The highest BCUT2D eigenvalue weighted by molar-refractivity contribution is 4.78. The molecule has 0 aromatic heterocycles. The lowest BCUT2D eigenvalue weighted by atomic mass is 9.97. The Morgan fingerprint density at radius 1 is 1.25 bits per heavy atom. The number of rotatable bonds is 9. The highest BCUT2D eigenvalue weighted by Crippen LogP contribution is 2.32. The molecule has 1 saturated heterocycles. The minimum atomic E-state index is -4.04. The maximum absolute atomic E-state index is 12.6.